The van der Waals surface area contributed by atoms with Gasteiger partial charge in [-0.25, -0.2) is 4.98 Å². The monoisotopic (exact) mass is 365 g/mol. The molecule has 2 aromatic heterocycles. The van der Waals surface area contributed by atoms with Crippen LogP contribution in [0.5, 0.6) is 0 Å². The second-order valence-corrected chi connectivity index (χ2v) is 6.86. The number of carboxylic acids is 1. The predicted molar refractivity (Wildman–Crippen MR) is 98.9 cm³/mol. The van der Waals surface area contributed by atoms with Crippen molar-refractivity contribution in [1.29, 1.82) is 0 Å². The highest BCUT2D eigenvalue weighted by atomic mass is 16.5. The zero-order valence-electron chi connectivity index (χ0n) is 14.9. The Kier molecular flexibility index (Phi) is 4.35. The van der Waals surface area contributed by atoms with Crippen LogP contribution >= 0.6 is 0 Å². The highest BCUT2D eigenvalue weighted by Crippen LogP contribution is 2.40. The molecule has 27 heavy (non-hydrogen) atoms. The molecule has 0 radical (unpaired) electrons. The van der Waals surface area contributed by atoms with E-state index in [4.69, 9.17) is 9.63 Å². The number of pyridine rings is 1. The number of carbonyl (C=O) groups is 2. The maximum atomic E-state index is 12.9. The average Bonchev–Trinajstić information content (AvgIpc) is 3.44. The van der Waals surface area contributed by atoms with Crippen molar-refractivity contribution in [3.63, 3.8) is 0 Å². The number of hydrogen-bond donors (Lipinski definition) is 2. The van der Waals surface area contributed by atoms with E-state index in [0.717, 1.165) is 24.1 Å². The van der Waals surface area contributed by atoms with Crippen LogP contribution in [0.15, 0.2) is 34.9 Å². The van der Waals surface area contributed by atoms with E-state index in [2.05, 4.69) is 15.5 Å². The van der Waals surface area contributed by atoms with Crippen molar-refractivity contribution in [1.82, 2.24) is 10.1 Å². The molecular weight excluding hydrogens is 346 g/mol. The van der Waals surface area contributed by atoms with Gasteiger partial charge < -0.3 is 14.9 Å². The van der Waals surface area contributed by atoms with Gasteiger partial charge in [0.15, 0.2) is 0 Å². The van der Waals surface area contributed by atoms with Crippen molar-refractivity contribution in [2.45, 2.75) is 38.5 Å². The first kappa shape index (κ1) is 17.2. The van der Waals surface area contributed by atoms with Crippen LogP contribution in [-0.2, 0) is 11.2 Å². The maximum absolute atomic E-state index is 12.9. The number of aliphatic carboxylic acids is 1. The second-order valence-electron chi connectivity index (χ2n) is 6.86. The van der Waals surface area contributed by atoms with E-state index in [1.165, 1.54) is 0 Å². The van der Waals surface area contributed by atoms with Crippen LogP contribution in [0, 0.1) is 6.92 Å². The van der Waals surface area contributed by atoms with Gasteiger partial charge in [-0.05, 0) is 49.9 Å². The summed E-state index contributed by atoms with van der Waals surface area (Å²) in [5.41, 5.74) is 3.96. The van der Waals surface area contributed by atoms with Crippen molar-refractivity contribution in [2.24, 2.45) is 0 Å². The number of fused-ring (bicyclic) bond motifs is 1. The molecule has 0 bridgehead atoms. The number of nitrogens with one attached hydrogen (secondary N) is 1. The van der Waals surface area contributed by atoms with Gasteiger partial charge in [-0.2, -0.15) is 0 Å². The average molecular weight is 365 g/mol. The Hall–Kier alpha value is -3.22. The Balaban J connectivity index is 1.57. The summed E-state index contributed by atoms with van der Waals surface area (Å²) >= 11 is 0. The van der Waals surface area contributed by atoms with Crippen LogP contribution in [0.3, 0.4) is 0 Å². The zero-order chi connectivity index (χ0) is 19.0. The largest absolute Gasteiger partial charge is 0.481 e. The first-order valence-corrected chi connectivity index (χ1v) is 8.90. The van der Waals surface area contributed by atoms with Crippen LogP contribution in [0.1, 0.15) is 52.5 Å². The number of hydrogen-bond acceptors (Lipinski definition) is 5. The molecule has 138 valence electrons. The minimum Gasteiger partial charge on any atom is -0.481 e. The summed E-state index contributed by atoms with van der Waals surface area (Å²) in [5, 5.41) is 16.2. The molecule has 7 nitrogen and oxygen atoms in total. The Morgan fingerprint density at radius 3 is 2.67 bits per heavy atom. The van der Waals surface area contributed by atoms with Gasteiger partial charge in [-0.1, -0.05) is 17.3 Å². The SMILES string of the molecule is Cc1noc2nc(C3CC3)cc(C(=O)Nc3ccc(CCC(=O)O)cc3)c12. The number of aromatic nitrogens is 2. The van der Waals surface area contributed by atoms with Crippen molar-refractivity contribution in [2.75, 3.05) is 5.32 Å². The van der Waals surface area contributed by atoms with Crippen LogP contribution < -0.4 is 5.32 Å². The number of rotatable bonds is 6. The number of carboxylic acid groups (broad SMARTS) is 1. The Bertz CT molecular complexity index is 1020. The molecule has 3 aromatic rings. The molecule has 1 amide bonds. The minimum absolute atomic E-state index is 0.0808. The molecule has 2 N–H and O–H groups in total. The van der Waals surface area contributed by atoms with Crippen LogP contribution in [-0.4, -0.2) is 27.1 Å². The van der Waals surface area contributed by atoms with Gasteiger partial charge in [-0.3, -0.25) is 9.59 Å². The number of anilines is 1. The van der Waals surface area contributed by atoms with Gasteiger partial charge in [0.1, 0.15) is 0 Å². The number of nitrogens with zero attached hydrogens (tertiary/aromatic N) is 2. The van der Waals surface area contributed by atoms with Crippen molar-refractivity contribution in [3.05, 3.63) is 52.8 Å². The molecule has 1 saturated carbocycles. The Morgan fingerprint density at radius 2 is 2.00 bits per heavy atom. The van der Waals surface area contributed by atoms with E-state index in [0.29, 0.717) is 40.4 Å². The summed E-state index contributed by atoms with van der Waals surface area (Å²) in [6.07, 6.45) is 2.69. The number of aryl methyl sites for hydroxylation is 2. The molecule has 1 aliphatic rings. The Labute approximate surface area is 155 Å². The third-order valence-corrected chi connectivity index (χ3v) is 4.72. The number of carbonyl (C=O) groups excluding carboxylic acids is 1. The lowest BCUT2D eigenvalue weighted by Gasteiger charge is -2.08. The first-order valence-electron chi connectivity index (χ1n) is 8.90. The fourth-order valence-corrected chi connectivity index (χ4v) is 3.09. The van der Waals surface area contributed by atoms with Crippen molar-refractivity contribution >= 4 is 28.7 Å². The molecule has 1 aromatic carbocycles. The van der Waals surface area contributed by atoms with Gasteiger partial charge in [0.25, 0.3) is 11.6 Å². The maximum Gasteiger partial charge on any atom is 0.303 e. The fourth-order valence-electron chi connectivity index (χ4n) is 3.09. The molecule has 0 aliphatic heterocycles. The highest BCUT2D eigenvalue weighted by Gasteiger charge is 2.28. The van der Waals surface area contributed by atoms with Crippen molar-refractivity contribution in [3.8, 4) is 0 Å². The van der Waals surface area contributed by atoms with E-state index in [9.17, 15) is 9.59 Å². The molecule has 1 fully saturated rings. The zero-order valence-corrected chi connectivity index (χ0v) is 14.9. The lowest BCUT2D eigenvalue weighted by Crippen LogP contribution is -2.13. The normalized spacial score (nSPS) is 13.7. The van der Waals surface area contributed by atoms with Gasteiger partial charge in [0.05, 0.1) is 16.6 Å². The van der Waals surface area contributed by atoms with E-state index in [-0.39, 0.29) is 12.3 Å². The molecular formula is C20H19N3O4. The van der Waals surface area contributed by atoms with E-state index in [1.807, 2.05) is 18.2 Å². The van der Waals surface area contributed by atoms with Crippen LogP contribution in [0.4, 0.5) is 5.69 Å². The molecule has 1 aliphatic carbocycles. The standard InChI is InChI=1S/C20H19N3O4/c1-11-18-15(10-16(13-5-6-13)22-20(18)27-23-11)19(26)21-14-7-2-12(3-8-14)4-9-17(24)25/h2-3,7-8,10,13H,4-6,9H2,1H3,(H,21,26)(H,24,25). The van der Waals surface area contributed by atoms with E-state index >= 15 is 0 Å². The quantitative estimate of drug-likeness (QED) is 0.690. The van der Waals surface area contributed by atoms with Gasteiger partial charge >= 0.3 is 5.97 Å². The summed E-state index contributed by atoms with van der Waals surface area (Å²) < 4.78 is 5.28. The molecule has 2 heterocycles. The van der Waals surface area contributed by atoms with Gasteiger partial charge in [0, 0.05) is 23.7 Å². The molecule has 0 spiro atoms. The van der Waals surface area contributed by atoms with E-state index in [1.54, 1.807) is 19.1 Å². The topological polar surface area (TPSA) is 105 Å². The summed E-state index contributed by atoms with van der Waals surface area (Å²) in [6, 6.07) is 9.02. The minimum atomic E-state index is -0.829. The van der Waals surface area contributed by atoms with Gasteiger partial charge in [-0.15, -0.1) is 0 Å². The highest BCUT2D eigenvalue weighted by molar-refractivity contribution is 6.12. The third-order valence-electron chi connectivity index (χ3n) is 4.72. The van der Waals surface area contributed by atoms with Gasteiger partial charge in [0.2, 0.25) is 0 Å². The number of amides is 1. The predicted octanol–water partition coefficient (Wildman–Crippen LogP) is 3.68. The van der Waals surface area contributed by atoms with Crippen LogP contribution in [0.2, 0.25) is 0 Å². The smallest absolute Gasteiger partial charge is 0.303 e. The summed E-state index contributed by atoms with van der Waals surface area (Å²) in [6.45, 7) is 1.79. The second kappa shape index (κ2) is 6.83. The first-order chi connectivity index (χ1) is 13.0. The van der Waals surface area contributed by atoms with Crippen LogP contribution in [0.25, 0.3) is 11.1 Å². The third kappa shape index (κ3) is 3.67. The lowest BCUT2D eigenvalue weighted by molar-refractivity contribution is -0.136. The Morgan fingerprint density at radius 1 is 1.26 bits per heavy atom. The van der Waals surface area contributed by atoms with Crippen molar-refractivity contribution < 1.29 is 19.2 Å². The molecule has 0 unspecified atom stereocenters. The fraction of sp³-hybridized carbons (Fsp3) is 0.300. The molecule has 0 atom stereocenters. The lowest BCUT2D eigenvalue weighted by atomic mass is 10.1. The summed E-state index contributed by atoms with van der Waals surface area (Å²) in [4.78, 5) is 28.0. The molecule has 4 rings (SSSR count). The molecule has 0 saturated heterocycles. The van der Waals surface area contributed by atoms with E-state index < -0.39 is 5.97 Å². The molecule has 7 heteroatoms. The number of benzene rings is 1. The summed E-state index contributed by atoms with van der Waals surface area (Å²) in [5.74, 6) is -0.682. The summed E-state index contributed by atoms with van der Waals surface area (Å²) in [7, 11) is 0.